The van der Waals surface area contributed by atoms with Gasteiger partial charge in [-0.25, -0.2) is 0 Å². The van der Waals surface area contributed by atoms with Crippen molar-refractivity contribution >= 4 is 22.6 Å². The fraction of sp³-hybridized carbons (Fsp3) is 0.200. The van der Waals surface area contributed by atoms with E-state index in [0.717, 1.165) is 5.75 Å². The van der Waals surface area contributed by atoms with Gasteiger partial charge in [-0.05, 0) is 66.3 Å². The first-order valence-electron chi connectivity index (χ1n) is 5.59. The van der Waals surface area contributed by atoms with Crippen LogP contribution in [0.4, 0.5) is 0 Å². The number of hydrogen-bond donors (Lipinski definition) is 0. The predicted octanol–water partition coefficient (Wildman–Crippen LogP) is 4.49. The van der Waals surface area contributed by atoms with Gasteiger partial charge in [0.25, 0.3) is 0 Å². The van der Waals surface area contributed by atoms with E-state index in [-0.39, 0.29) is 0 Å². The van der Waals surface area contributed by atoms with Crippen LogP contribution >= 0.6 is 22.6 Å². The van der Waals surface area contributed by atoms with Crippen molar-refractivity contribution in [1.29, 1.82) is 0 Å². The molecule has 17 heavy (non-hydrogen) atoms. The molecule has 88 valence electrons. The second-order valence-electron chi connectivity index (χ2n) is 4.24. The highest BCUT2D eigenvalue weighted by Crippen LogP contribution is 2.16. The Morgan fingerprint density at radius 3 is 2.12 bits per heavy atom. The largest absolute Gasteiger partial charge is 0.489 e. The first-order chi connectivity index (χ1) is 8.13. The van der Waals surface area contributed by atoms with Gasteiger partial charge in [-0.3, -0.25) is 0 Å². The van der Waals surface area contributed by atoms with E-state index in [9.17, 15) is 0 Å². The summed E-state index contributed by atoms with van der Waals surface area (Å²) in [7, 11) is 0. The molecule has 0 aliphatic carbocycles. The van der Waals surface area contributed by atoms with Crippen molar-refractivity contribution in [2.75, 3.05) is 0 Å². The molecule has 0 aliphatic heterocycles. The minimum atomic E-state index is 0.628. The highest BCUT2D eigenvalue weighted by Gasteiger charge is 1.98. The maximum Gasteiger partial charge on any atom is 0.119 e. The van der Waals surface area contributed by atoms with Gasteiger partial charge in [-0.2, -0.15) is 0 Å². The Morgan fingerprint density at radius 2 is 1.53 bits per heavy atom. The van der Waals surface area contributed by atoms with E-state index in [0.29, 0.717) is 6.61 Å². The summed E-state index contributed by atoms with van der Waals surface area (Å²) >= 11 is 2.29. The Kier molecular flexibility index (Phi) is 4.05. The normalized spacial score (nSPS) is 10.3. The average Bonchev–Trinajstić information content (AvgIpc) is 2.27. The molecule has 0 saturated heterocycles. The molecule has 0 aromatic heterocycles. The highest BCUT2D eigenvalue weighted by atomic mass is 127. The molecule has 0 spiro atoms. The topological polar surface area (TPSA) is 9.23 Å². The van der Waals surface area contributed by atoms with Crippen molar-refractivity contribution in [2.24, 2.45) is 0 Å². The molecule has 2 aromatic rings. The fourth-order valence-corrected chi connectivity index (χ4v) is 2.21. The minimum Gasteiger partial charge on any atom is -0.489 e. The summed E-state index contributed by atoms with van der Waals surface area (Å²) < 4.78 is 6.98. The molecule has 0 heterocycles. The smallest absolute Gasteiger partial charge is 0.119 e. The van der Waals surface area contributed by atoms with Crippen LogP contribution in [-0.4, -0.2) is 0 Å². The van der Waals surface area contributed by atoms with Crippen LogP contribution in [-0.2, 0) is 6.61 Å². The van der Waals surface area contributed by atoms with Crippen LogP contribution in [0.5, 0.6) is 5.75 Å². The molecule has 0 unspecified atom stereocenters. The molecule has 2 aromatic carbocycles. The quantitative estimate of drug-likeness (QED) is 0.750. The Bertz CT molecular complexity index is 483. The van der Waals surface area contributed by atoms with E-state index < -0.39 is 0 Å². The SMILES string of the molecule is Cc1cc(C)cc(COc2ccc(I)cc2)c1. The third-order valence-electron chi connectivity index (χ3n) is 2.50. The number of hydrogen-bond acceptors (Lipinski definition) is 1. The van der Waals surface area contributed by atoms with Gasteiger partial charge >= 0.3 is 0 Å². The van der Waals surface area contributed by atoms with Crippen LogP contribution in [0.25, 0.3) is 0 Å². The molecular weight excluding hydrogens is 323 g/mol. The third kappa shape index (κ3) is 3.73. The van der Waals surface area contributed by atoms with E-state index in [4.69, 9.17) is 4.74 Å². The molecule has 0 atom stereocenters. The number of rotatable bonds is 3. The Labute approximate surface area is 116 Å². The van der Waals surface area contributed by atoms with Gasteiger partial charge in [0.05, 0.1) is 0 Å². The minimum absolute atomic E-state index is 0.628. The zero-order valence-electron chi connectivity index (χ0n) is 10.0. The zero-order valence-corrected chi connectivity index (χ0v) is 12.2. The molecule has 0 bridgehead atoms. The predicted molar refractivity (Wildman–Crippen MR) is 79.4 cm³/mol. The summed E-state index contributed by atoms with van der Waals surface area (Å²) in [6, 6.07) is 14.6. The molecular formula is C15H15IO. The first kappa shape index (κ1) is 12.4. The number of benzene rings is 2. The lowest BCUT2D eigenvalue weighted by Gasteiger charge is -2.08. The maximum atomic E-state index is 5.75. The molecule has 0 aliphatic rings. The summed E-state index contributed by atoms with van der Waals surface area (Å²) in [5.74, 6) is 0.921. The van der Waals surface area contributed by atoms with Crippen LogP contribution in [0.2, 0.25) is 0 Å². The van der Waals surface area contributed by atoms with Crippen LogP contribution in [0, 0.1) is 17.4 Å². The molecule has 2 rings (SSSR count). The molecule has 0 radical (unpaired) electrons. The van der Waals surface area contributed by atoms with E-state index in [1.807, 2.05) is 12.1 Å². The summed E-state index contributed by atoms with van der Waals surface area (Å²) in [5.41, 5.74) is 3.79. The van der Waals surface area contributed by atoms with Crippen LogP contribution in [0.3, 0.4) is 0 Å². The summed E-state index contributed by atoms with van der Waals surface area (Å²) in [5, 5.41) is 0. The zero-order chi connectivity index (χ0) is 12.3. The third-order valence-corrected chi connectivity index (χ3v) is 3.22. The highest BCUT2D eigenvalue weighted by molar-refractivity contribution is 14.1. The van der Waals surface area contributed by atoms with Crippen LogP contribution < -0.4 is 4.74 Å². The van der Waals surface area contributed by atoms with Gasteiger partial charge in [0, 0.05) is 3.57 Å². The van der Waals surface area contributed by atoms with Crippen molar-refractivity contribution in [3.8, 4) is 5.75 Å². The van der Waals surface area contributed by atoms with E-state index in [1.165, 1.54) is 20.3 Å². The molecule has 0 saturated carbocycles. The number of halogens is 1. The number of aryl methyl sites for hydroxylation is 2. The lowest BCUT2D eigenvalue weighted by atomic mass is 10.1. The van der Waals surface area contributed by atoms with Gasteiger partial charge in [0.15, 0.2) is 0 Å². The molecule has 0 amide bonds. The van der Waals surface area contributed by atoms with Gasteiger partial charge in [-0.15, -0.1) is 0 Å². The number of ether oxygens (including phenoxy) is 1. The van der Waals surface area contributed by atoms with E-state index >= 15 is 0 Å². The molecule has 2 heteroatoms. The van der Waals surface area contributed by atoms with Crippen molar-refractivity contribution < 1.29 is 4.74 Å². The van der Waals surface area contributed by atoms with Crippen molar-refractivity contribution in [2.45, 2.75) is 20.5 Å². The maximum absolute atomic E-state index is 5.75. The lowest BCUT2D eigenvalue weighted by molar-refractivity contribution is 0.306. The molecule has 1 nitrogen and oxygen atoms in total. The van der Waals surface area contributed by atoms with Crippen LogP contribution in [0.15, 0.2) is 42.5 Å². The lowest BCUT2D eigenvalue weighted by Crippen LogP contribution is -1.96. The van der Waals surface area contributed by atoms with Crippen molar-refractivity contribution in [1.82, 2.24) is 0 Å². The first-order valence-corrected chi connectivity index (χ1v) is 6.67. The van der Waals surface area contributed by atoms with Crippen molar-refractivity contribution in [3.05, 3.63) is 62.7 Å². The second-order valence-corrected chi connectivity index (χ2v) is 5.48. The Hall–Kier alpha value is -1.03. The molecule has 0 N–H and O–H groups in total. The summed E-state index contributed by atoms with van der Waals surface area (Å²) in [6.07, 6.45) is 0. The Balaban J connectivity index is 2.04. The summed E-state index contributed by atoms with van der Waals surface area (Å²) in [6.45, 7) is 4.85. The van der Waals surface area contributed by atoms with Gasteiger partial charge < -0.3 is 4.74 Å². The average molecular weight is 338 g/mol. The Morgan fingerprint density at radius 1 is 0.941 bits per heavy atom. The van der Waals surface area contributed by atoms with Gasteiger partial charge in [-0.1, -0.05) is 29.3 Å². The van der Waals surface area contributed by atoms with Crippen LogP contribution in [0.1, 0.15) is 16.7 Å². The van der Waals surface area contributed by atoms with Gasteiger partial charge in [0.2, 0.25) is 0 Å². The van der Waals surface area contributed by atoms with Gasteiger partial charge in [0.1, 0.15) is 12.4 Å². The summed E-state index contributed by atoms with van der Waals surface area (Å²) in [4.78, 5) is 0. The monoisotopic (exact) mass is 338 g/mol. The van der Waals surface area contributed by atoms with E-state index in [1.54, 1.807) is 0 Å². The van der Waals surface area contributed by atoms with Crippen molar-refractivity contribution in [3.63, 3.8) is 0 Å². The van der Waals surface area contributed by atoms with E-state index in [2.05, 4.69) is 66.8 Å². The second kappa shape index (κ2) is 5.54. The standard InChI is InChI=1S/C15H15IO/c1-11-7-12(2)9-13(8-11)10-17-15-5-3-14(16)4-6-15/h3-9H,10H2,1-2H3. The molecule has 0 fully saturated rings. The fourth-order valence-electron chi connectivity index (χ4n) is 1.85.